The van der Waals surface area contributed by atoms with Gasteiger partial charge in [-0.05, 0) is 34.1 Å². The SMILES string of the molecule is CC(C)(C)c1cc(OC[B-](F)(F)F)cc(C(C)(C)C)c1.[K+]. The Labute approximate surface area is 168 Å². The summed E-state index contributed by atoms with van der Waals surface area (Å²) < 4.78 is 42.0. The van der Waals surface area contributed by atoms with E-state index in [1.54, 1.807) is 12.1 Å². The molecule has 0 aliphatic heterocycles. The molecule has 0 N–H and O–H groups in total. The molecule has 0 spiro atoms. The maximum Gasteiger partial charge on any atom is 1.00 e. The fourth-order valence-electron chi connectivity index (χ4n) is 1.74. The molecule has 1 aromatic carbocycles. The van der Waals surface area contributed by atoms with Crippen molar-refractivity contribution in [3.8, 4) is 5.75 Å². The average molecular weight is 326 g/mol. The van der Waals surface area contributed by atoms with Gasteiger partial charge >= 0.3 is 58.4 Å². The first-order valence-corrected chi connectivity index (χ1v) is 6.79. The van der Waals surface area contributed by atoms with Crippen LogP contribution >= 0.6 is 0 Å². The van der Waals surface area contributed by atoms with Gasteiger partial charge in [0.1, 0.15) is 5.75 Å². The van der Waals surface area contributed by atoms with E-state index in [1.807, 2.05) is 47.6 Å². The van der Waals surface area contributed by atoms with E-state index in [0.29, 0.717) is 5.75 Å². The van der Waals surface area contributed by atoms with Crippen molar-refractivity contribution in [2.75, 3.05) is 6.51 Å². The van der Waals surface area contributed by atoms with Crippen LogP contribution in [0.15, 0.2) is 18.2 Å². The van der Waals surface area contributed by atoms with Gasteiger partial charge in [0.25, 0.3) is 0 Å². The van der Waals surface area contributed by atoms with Crippen LogP contribution in [-0.2, 0) is 10.8 Å². The number of benzene rings is 1. The van der Waals surface area contributed by atoms with Gasteiger partial charge in [-0.25, -0.2) is 0 Å². The van der Waals surface area contributed by atoms with Gasteiger partial charge in [0, 0.05) is 0 Å². The minimum atomic E-state index is -4.94. The van der Waals surface area contributed by atoms with Crippen LogP contribution in [0.4, 0.5) is 12.9 Å². The monoisotopic (exact) mass is 326 g/mol. The first-order valence-electron chi connectivity index (χ1n) is 6.79. The van der Waals surface area contributed by atoms with Crippen LogP contribution in [0.1, 0.15) is 52.7 Å². The van der Waals surface area contributed by atoms with Crippen LogP contribution in [0.25, 0.3) is 0 Å². The zero-order chi connectivity index (χ0) is 15.8. The van der Waals surface area contributed by atoms with E-state index in [-0.39, 0.29) is 62.2 Å². The Balaban J connectivity index is 0.00000400. The van der Waals surface area contributed by atoms with Crippen molar-refractivity contribution < 1.29 is 69.1 Å². The maximum atomic E-state index is 12.3. The van der Waals surface area contributed by atoms with Gasteiger partial charge in [-0.3, -0.25) is 0 Å². The van der Waals surface area contributed by atoms with Crippen molar-refractivity contribution in [3.63, 3.8) is 0 Å². The van der Waals surface area contributed by atoms with Gasteiger partial charge in [-0.15, -0.1) is 0 Å². The fourth-order valence-corrected chi connectivity index (χ4v) is 1.74. The van der Waals surface area contributed by atoms with E-state index in [4.69, 9.17) is 4.74 Å². The van der Waals surface area contributed by atoms with Crippen LogP contribution in [0.5, 0.6) is 5.75 Å². The average Bonchev–Trinajstić information content (AvgIpc) is 2.22. The van der Waals surface area contributed by atoms with Crippen molar-refractivity contribution in [1.29, 1.82) is 0 Å². The third kappa shape index (κ3) is 7.55. The molecule has 0 saturated heterocycles. The maximum absolute atomic E-state index is 12.3. The summed E-state index contributed by atoms with van der Waals surface area (Å²) in [7, 11) is 0. The molecule has 1 nitrogen and oxygen atoms in total. The molecule has 21 heavy (non-hydrogen) atoms. The minimum absolute atomic E-state index is 0. The standard InChI is InChI=1S/C15H23BF3O.K/c1-14(2,3)11-7-12(15(4,5)6)9-13(8-11)20-10-16(17,18)19;/h7-9H,10H2,1-6H3;/q-1;+1. The van der Waals surface area contributed by atoms with Crippen molar-refractivity contribution in [1.82, 2.24) is 0 Å². The van der Waals surface area contributed by atoms with Gasteiger partial charge in [-0.1, -0.05) is 47.6 Å². The summed E-state index contributed by atoms with van der Waals surface area (Å²) in [6, 6.07) is 5.46. The zero-order valence-corrected chi connectivity index (χ0v) is 17.2. The summed E-state index contributed by atoms with van der Waals surface area (Å²) in [5.41, 5.74) is 1.69. The summed E-state index contributed by atoms with van der Waals surface area (Å²) >= 11 is 0. The predicted molar refractivity (Wildman–Crippen MR) is 78.4 cm³/mol. The topological polar surface area (TPSA) is 9.23 Å². The molecule has 1 aromatic rings. The summed E-state index contributed by atoms with van der Waals surface area (Å²) in [6.45, 7) is 6.07. The van der Waals surface area contributed by atoms with E-state index >= 15 is 0 Å². The van der Waals surface area contributed by atoms with Crippen LogP contribution in [-0.4, -0.2) is 13.5 Å². The molecule has 0 aromatic heterocycles. The number of rotatable bonds is 3. The Kier molecular flexibility index (Phi) is 7.57. The Morgan fingerprint density at radius 1 is 0.857 bits per heavy atom. The molecule has 0 fully saturated rings. The normalized spacial score (nSPS) is 12.8. The van der Waals surface area contributed by atoms with Crippen LogP contribution in [0.2, 0.25) is 0 Å². The van der Waals surface area contributed by atoms with E-state index in [0.717, 1.165) is 11.1 Å². The van der Waals surface area contributed by atoms with Crippen molar-refractivity contribution in [2.45, 2.75) is 52.4 Å². The fraction of sp³-hybridized carbons (Fsp3) is 0.600. The Bertz CT molecular complexity index is 441. The molecule has 0 aliphatic rings. The molecule has 0 unspecified atom stereocenters. The van der Waals surface area contributed by atoms with E-state index in [2.05, 4.69) is 0 Å². The second-order valence-electron chi connectivity index (χ2n) is 7.27. The van der Waals surface area contributed by atoms with Crippen molar-refractivity contribution >= 4 is 6.98 Å². The molecule has 0 saturated carbocycles. The number of ether oxygens (including phenoxy) is 1. The van der Waals surface area contributed by atoms with Crippen molar-refractivity contribution in [2.24, 2.45) is 0 Å². The third-order valence-electron chi connectivity index (χ3n) is 3.08. The molecule has 0 amide bonds. The smallest absolute Gasteiger partial charge is 0.522 e. The Morgan fingerprint density at radius 2 is 1.24 bits per heavy atom. The Hall–Kier alpha value is 0.511. The number of hydrogen-bond donors (Lipinski definition) is 0. The van der Waals surface area contributed by atoms with Gasteiger partial charge in [0.15, 0.2) is 0 Å². The predicted octanol–water partition coefficient (Wildman–Crippen LogP) is 2.05. The first-order chi connectivity index (χ1) is 8.79. The van der Waals surface area contributed by atoms with Crippen LogP contribution < -0.4 is 56.1 Å². The first kappa shape index (κ1) is 21.5. The molecule has 0 bridgehead atoms. The molecule has 6 heteroatoms. The summed E-state index contributed by atoms with van der Waals surface area (Å²) in [4.78, 5) is 0. The molecule has 0 atom stereocenters. The van der Waals surface area contributed by atoms with Gasteiger partial charge in [0.05, 0.1) is 6.51 Å². The van der Waals surface area contributed by atoms with E-state index in [9.17, 15) is 12.9 Å². The second-order valence-corrected chi connectivity index (χ2v) is 7.27. The molecular weight excluding hydrogens is 303 g/mol. The van der Waals surface area contributed by atoms with Crippen LogP contribution in [0, 0.1) is 0 Å². The molecule has 1 rings (SSSR count). The Morgan fingerprint density at radius 3 is 1.52 bits per heavy atom. The number of hydrogen-bond acceptors (Lipinski definition) is 1. The summed E-state index contributed by atoms with van der Waals surface area (Å²) in [6.07, 6.45) is 0. The third-order valence-corrected chi connectivity index (χ3v) is 3.08. The zero-order valence-electron chi connectivity index (χ0n) is 14.1. The molecule has 0 heterocycles. The summed E-state index contributed by atoms with van der Waals surface area (Å²) in [5, 5.41) is 0. The molecule has 0 aliphatic carbocycles. The quantitative estimate of drug-likeness (QED) is 0.773. The van der Waals surface area contributed by atoms with Gasteiger partial charge in [0.2, 0.25) is 0 Å². The molecular formula is C15H23BF3KO. The van der Waals surface area contributed by atoms with Crippen LogP contribution in [0.3, 0.4) is 0 Å². The van der Waals surface area contributed by atoms with Gasteiger partial charge in [-0.2, -0.15) is 0 Å². The summed E-state index contributed by atoms with van der Waals surface area (Å²) in [5.74, 6) is 0.293. The van der Waals surface area contributed by atoms with E-state index in [1.165, 1.54) is 0 Å². The number of halogens is 3. The molecule has 0 radical (unpaired) electrons. The van der Waals surface area contributed by atoms with Crippen molar-refractivity contribution in [3.05, 3.63) is 29.3 Å². The largest absolute Gasteiger partial charge is 1.00 e. The van der Waals surface area contributed by atoms with Gasteiger partial charge < -0.3 is 17.7 Å². The van der Waals surface area contributed by atoms with E-state index < -0.39 is 13.5 Å². The minimum Gasteiger partial charge on any atom is -0.522 e. The second kappa shape index (κ2) is 7.39. The molecule has 114 valence electrons.